The molecule has 5 nitrogen and oxygen atoms in total. The lowest BCUT2D eigenvalue weighted by Crippen LogP contribution is -2.36. The topological polar surface area (TPSA) is 96.2 Å². The molecule has 0 bridgehead atoms. The highest BCUT2D eigenvalue weighted by molar-refractivity contribution is 5.68. The minimum Gasteiger partial charge on any atom is -0.481 e. The molecule has 0 spiro atoms. The quantitative estimate of drug-likeness (QED) is 0.635. The van der Waals surface area contributed by atoms with E-state index in [9.17, 15) is 9.59 Å². The van der Waals surface area contributed by atoms with Gasteiger partial charge in [0.2, 0.25) is 5.56 Å². The number of nitrogens with two attached hydrogens (primary N) is 1. The van der Waals surface area contributed by atoms with Crippen molar-refractivity contribution in [2.75, 3.05) is 0 Å². The summed E-state index contributed by atoms with van der Waals surface area (Å²) in [5.74, 6) is -0.990. The van der Waals surface area contributed by atoms with E-state index in [1.807, 2.05) is 0 Å². The second-order valence-corrected chi connectivity index (χ2v) is 3.43. The molecule has 1 heterocycles. The van der Waals surface area contributed by atoms with Crippen molar-refractivity contribution in [1.29, 1.82) is 0 Å². The number of carboxylic acids is 1. The van der Waals surface area contributed by atoms with E-state index in [0.717, 1.165) is 0 Å². The molecule has 76 valence electrons. The van der Waals surface area contributed by atoms with E-state index in [2.05, 4.69) is 4.98 Å². The van der Waals surface area contributed by atoms with Crippen LogP contribution in [-0.2, 0) is 10.3 Å². The molecule has 0 saturated heterocycles. The number of hydrogen-bond donors (Lipinski definition) is 3. The van der Waals surface area contributed by atoms with Crippen molar-refractivity contribution in [3.05, 3.63) is 34.2 Å². The Morgan fingerprint density at radius 2 is 2.36 bits per heavy atom. The molecule has 5 heteroatoms. The number of aliphatic carboxylic acids is 1. The van der Waals surface area contributed by atoms with Crippen molar-refractivity contribution in [3.63, 3.8) is 0 Å². The Balaban J connectivity index is 3.03. The fourth-order valence-electron chi connectivity index (χ4n) is 1.22. The fraction of sp³-hybridized carbons (Fsp3) is 0.333. The fourth-order valence-corrected chi connectivity index (χ4v) is 1.22. The number of aromatic nitrogens is 1. The maximum Gasteiger partial charge on any atom is 0.305 e. The lowest BCUT2D eigenvalue weighted by atomic mass is 9.91. The molecule has 1 aromatic heterocycles. The molecule has 0 unspecified atom stereocenters. The summed E-state index contributed by atoms with van der Waals surface area (Å²) in [6.07, 6.45) is 1.24. The predicted octanol–water partition coefficient (Wildman–Crippen LogP) is 0.0235. The van der Waals surface area contributed by atoms with Gasteiger partial charge in [-0.05, 0) is 18.6 Å². The van der Waals surface area contributed by atoms with Gasteiger partial charge in [-0.25, -0.2) is 0 Å². The zero-order chi connectivity index (χ0) is 10.8. The monoisotopic (exact) mass is 196 g/mol. The molecule has 0 aliphatic carbocycles. The van der Waals surface area contributed by atoms with Crippen LogP contribution in [-0.4, -0.2) is 16.1 Å². The Morgan fingerprint density at radius 1 is 1.71 bits per heavy atom. The smallest absolute Gasteiger partial charge is 0.305 e. The molecule has 0 aliphatic rings. The first-order valence-electron chi connectivity index (χ1n) is 4.12. The van der Waals surface area contributed by atoms with Gasteiger partial charge in [-0.2, -0.15) is 0 Å². The first-order chi connectivity index (χ1) is 6.42. The van der Waals surface area contributed by atoms with Crippen molar-refractivity contribution in [2.24, 2.45) is 5.73 Å². The van der Waals surface area contributed by atoms with Crippen LogP contribution < -0.4 is 11.3 Å². The highest BCUT2D eigenvalue weighted by atomic mass is 16.4. The van der Waals surface area contributed by atoms with E-state index in [-0.39, 0.29) is 12.0 Å². The van der Waals surface area contributed by atoms with E-state index >= 15 is 0 Å². The molecule has 0 aliphatic heterocycles. The number of carbonyl (C=O) groups is 1. The van der Waals surface area contributed by atoms with Gasteiger partial charge in [0.1, 0.15) is 0 Å². The third kappa shape index (κ3) is 2.43. The van der Waals surface area contributed by atoms with Crippen LogP contribution in [0.1, 0.15) is 18.9 Å². The van der Waals surface area contributed by atoms with Crippen LogP contribution in [0.15, 0.2) is 23.1 Å². The molecule has 0 fully saturated rings. The lowest BCUT2D eigenvalue weighted by Gasteiger charge is -2.22. The standard InChI is InChI=1S/C9H12N2O3/c1-9(10,5-8(13)14)6-2-3-11-7(12)4-6/h2-4H,5,10H2,1H3,(H,11,12)(H,13,14)/t9-/m0/s1. The third-order valence-electron chi connectivity index (χ3n) is 1.95. The van der Waals surface area contributed by atoms with E-state index in [0.29, 0.717) is 5.56 Å². The predicted molar refractivity (Wildman–Crippen MR) is 50.9 cm³/mol. The van der Waals surface area contributed by atoms with Gasteiger partial charge in [0.05, 0.1) is 6.42 Å². The summed E-state index contributed by atoms with van der Waals surface area (Å²) in [5.41, 5.74) is 4.99. The van der Waals surface area contributed by atoms with Crippen LogP contribution in [0, 0.1) is 0 Å². The first kappa shape index (κ1) is 10.5. The number of carboxylic acid groups (broad SMARTS) is 1. The average Bonchev–Trinajstić information content (AvgIpc) is 2.01. The van der Waals surface area contributed by atoms with Gasteiger partial charge in [0.25, 0.3) is 0 Å². The number of nitrogens with one attached hydrogen (secondary N) is 1. The van der Waals surface area contributed by atoms with Crippen molar-refractivity contribution in [3.8, 4) is 0 Å². The Kier molecular flexibility index (Phi) is 2.71. The molecular formula is C9H12N2O3. The van der Waals surface area contributed by atoms with Gasteiger partial charge >= 0.3 is 5.97 Å². The maximum atomic E-state index is 11.0. The second kappa shape index (κ2) is 3.63. The molecule has 0 aromatic carbocycles. The molecule has 1 atom stereocenters. The van der Waals surface area contributed by atoms with E-state index in [1.165, 1.54) is 12.3 Å². The van der Waals surface area contributed by atoms with E-state index in [1.54, 1.807) is 13.0 Å². The van der Waals surface area contributed by atoms with Crippen molar-refractivity contribution < 1.29 is 9.90 Å². The molecular weight excluding hydrogens is 184 g/mol. The SMILES string of the molecule is C[C@](N)(CC(=O)O)c1cc[nH]c(=O)c1. The van der Waals surface area contributed by atoms with Crippen LogP contribution in [0.2, 0.25) is 0 Å². The summed E-state index contributed by atoms with van der Waals surface area (Å²) in [4.78, 5) is 23.9. The molecule has 1 rings (SSSR count). The number of hydrogen-bond acceptors (Lipinski definition) is 3. The number of pyridine rings is 1. The summed E-state index contributed by atoms with van der Waals surface area (Å²) in [6.45, 7) is 1.58. The van der Waals surface area contributed by atoms with Crippen LogP contribution in [0.25, 0.3) is 0 Å². The zero-order valence-corrected chi connectivity index (χ0v) is 7.78. The third-order valence-corrected chi connectivity index (χ3v) is 1.95. The van der Waals surface area contributed by atoms with Crippen LogP contribution >= 0.6 is 0 Å². The van der Waals surface area contributed by atoms with Crippen LogP contribution in [0.5, 0.6) is 0 Å². The van der Waals surface area contributed by atoms with Crippen molar-refractivity contribution in [1.82, 2.24) is 4.98 Å². The zero-order valence-electron chi connectivity index (χ0n) is 7.78. The molecule has 0 amide bonds. The highest BCUT2D eigenvalue weighted by Crippen LogP contribution is 2.19. The summed E-state index contributed by atoms with van der Waals surface area (Å²) < 4.78 is 0. The number of aromatic amines is 1. The van der Waals surface area contributed by atoms with E-state index in [4.69, 9.17) is 10.8 Å². The minimum absolute atomic E-state index is 0.212. The number of rotatable bonds is 3. The van der Waals surface area contributed by atoms with Gasteiger partial charge in [0.15, 0.2) is 0 Å². The van der Waals surface area contributed by atoms with Crippen LogP contribution in [0.3, 0.4) is 0 Å². The van der Waals surface area contributed by atoms with Crippen molar-refractivity contribution in [2.45, 2.75) is 18.9 Å². The summed E-state index contributed by atoms with van der Waals surface area (Å²) in [6, 6.07) is 2.91. The molecule has 0 saturated carbocycles. The normalized spacial score (nSPS) is 14.7. The molecule has 4 N–H and O–H groups in total. The average molecular weight is 196 g/mol. The summed E-state index contributed by atoms with van der Waals surface area (Å²) in [7, 11) is 0. The summed E-state index contributed by atoms with van der Waals surface area (Å²) in [5, 5.41) is 8.61. The Hall–Kier alpha value is -1.62. The Bertz CT molecular complexity index is 395. The maximum absolute atomic E-state index is 11.0. The Morgan fingerprint density at radius 3 is 2.86 bits per heavy atom. The second-order valence-electron chi connectivity index (χ2n) is 3.43. The molecule has 14 heavy (non-hydrogen) atoms. The van der Waals surface area contributed by atoms with Gasteiger partial charge in [-0.15, -0.1) is 0 Å². The largest absolute Gasteiger partial charge is 0.481 e. The molecule has 1 aromatic rings. The van der Waals surface area contributed by atoms with Gasteiger partial charge in [-0.1, -0.05) is 0 Å². The van der Waals surface area contributed by atoms with Gasteiger partial charge < -0.3 is 15.8 Å². The van der Waals surface area contributed by atoms with E-state index < -0.39 is 11.5 Å². The molecule has 0 radical (unpaired) electrons. The highest BCUT2D eigenvalue weighted by Gasteiger charge is 2.24. The summed E-state index contributed by atoms with van der Waals surface area (Å²) >= 11 is 0. The van der Waals surface area contributed by atoms with Gasteiger partial charge in [-0.3, -0.25) is 9.59 Å². The Labute approximate surface area is 80.6 Å². The lowest BCUT2D eigenvalue weighted by molar-refractivity contribution is -0.138. The van der Waals surface area contributed by atoms with Gasteiger partial charge in [0, 0.05) is 17.8 Å². The minimum atomic E-state index is -1.01. The van der Waals surface area contributed by atoms with Crippen molar-refractivity contribution >= 4 is 5.97 Å². The van der Waals surface area contributed by atoms with Crippen LogP contribution in [0.4, 0.5) is 0 Å². The number of H-pyrrole nitrogens is 1. The first-order valence-corrected chi connectivity index (χ1v) is 4.12.